The number of amides is 2. The fraction of sp³-hybridized carbons (Fsp3) is 0.206. The molecule has 0 spiro atoms. The lowest BCUT2D eigenvalue weighted by atomic mass is 10.0. The van der Waals surface area contributed by atoms with Crippen LogP contribution in [0.1, 0.15) is 50.2 Å². The Morgan fingerprint density at radius 1 is 1.04 bits per heavy atom. The molecule has 2 amide bonds. The number of aryl methyl sites for hydroxylation is 1. The van der Waals surface area contributed by atoms with E-state index in [9.17, 15) is 14.0 Å². The zero-order valence-electron chi connectivity index (χ0n) is 25.4. The maximum absolute atomic E-state index is 13.8. The van der Waals surface area contributed by atoms with Gasteiger partial charge in [-0.1, -0.05) is 48.2 Å². The van der Waals surface area contributed by atoms with E-state index in [1.54, 1.807) is 54.8 Å². The van der Waals surface area contributed by atoms with Gasteiger partial charge < -0.3 is 10.1 Å². The van der Waals surface area contributed by atoms with Crippen molar-refractivity contribution in [3.8, 4) is 11.4 Å². The summed E-state index contributed by atoms with van der Waals surface area (Å²) in [6.07, 6.45) is 0.526. The number of rotatable bonds is 10. The van der Waals surface area contributed by atoms with E-state index in [0.717, 1.165) is 33.0 Å². The van der Waals surface area contributed by atoms with E-state index in [-0.39, 0.29) is 36.0 Å². The molecule has 0 saturated heterocycles. The third-order valence-electron chi connectivity index (χ3n) is 7.81. The summed E-state index contributed by atoms with van der Waals surface area (Å²) in [5, 5.41) is 20.5. The SMILES string of the molecule is COc1cccc(C(=O)NCc2nnc(SCC(=O)N3N=C(c4cccs4)C[C@H]3c3ccc(F)cc3)n2-c2cccc(C)c2C)c1. The quantitative estimate of drug-likeness (QED) is 0.173. The molecular formula is C34H31FN6O3S2. The third-order valence-corrected chi connectivity index (χ3v) is 9.64. The average Bonchev–Trinajstić information content (AvgIpc) is 3.85. The second kappa shape index (κ2) is 13.7. The number of carbonyl (C=O) groups is 2. The van der Waals surface area contributed by atoms with Crippen LogP contribution in [0.15, 0.2) is 94.5 Å². The highest BCUT2D eigenvalue weighted by Gasteiger charge is 2.34. The van der Waals surface area contributed by atoms with Crippen LogP contribution in [-0.2, 0) is 11.3 Å². The lowest BCUT2D eigenvalue weighted by Crippen LogP contribution is -2.28. The molecule has 3 aromatic carbocycles. The predicted molar refractivity (Wildman–Crippen MR) is 177 cm³/mol. The highest BCUT2D eigenvalue weighted by Crippen LogP contribution is 2.35. The molecule has 0 bridgehead atoms. The largest absolute Gasteiger partial charge is 0.497 e. The molecule has 6 rings (SSSR count). The van der Waals surface area contributed by atoms with Crippen LogP contribution in [0.5, 0.6) is 5.75 Å². The Balaban J connectivity index is 1.25. The van der Waals surface area contributed by atoms with Crippen LogP contribution in [0.25, 0.3) is 5.69 Å². The van der Waals surface area contributed by atoms with Crippen LogP contribution in [0.3, 0.4) is 0 Å². The van der Waals surface area contributed by atoms with E-state index >= 15 is 0 Å². The van der Waals surface area contributed by atoms with Gasteiger partial charge in [0.2, 0.25) is 0 Å². The molecule has 234 valence electrons. The molecule has 0 unspecified atom stereocenters. The van der Waals surface area contributed by atoms with E-state index in [4.69, 9.17) is 9.84 Å². The van der Waals surface area contributed by atoms with Gasteiger partial charge in [0.05, 0.1) is 41.7 Å². The van der Waals surface area contributed by atoms with Gasteiger partial charge in [-0.15, -0.1) is 21.5 Å². The molecule has 0 saturated carbocycles. The van der Waals surface area contributed by atoms with Crippen LogP contribution < -0.4 is 10.1 Å². The lowest BCUT2D eigenvalue weighted by Gasteiger charge is -2.22. The predicted octanol–water partition coefficient (Wildman–Crippen LogP) is 6.49. The summed E-state index contributed by atoms with van der Waals surface area (Å²) in [7, 11) is 1.55. The molecule has 1 atom stereocenters. The Morgan fingerprint density at radius 3 is 2.61 bits per heavy atom. The third kappa shape index (κ3) is 6.58. The maximum Gasteiger partial charge on any atom is 0.253 e. The number of nitrogens with zero attached hydrogens (tertiary/aromatic N) is 5. The van der Waals surface area contributed by atoms with Crippen LogP contribution >= 0.6 is 23.1 Å². The monoisotopic (exact) mass is 654 g/mol. The maximum atomic E-state index is 13.8. The van der Waals surface area contributed by atoms with Crippen molar-refractivity contribution < 1.29 is 18.7 Å². The molecule has 0 fully saturated rings. The molecule has 1 aliphatic heterocycles. The first-order valence-corrected chi connectivity index (χ1v) is 16.4. The van der Waals surface area contributed by atoms with Gasteiger partial charge in [0.15, 0.2) is 11.0 Å². The lowest BCUT2D eigenvalue weighted by molar-refractivity contribution is -0.130. The van der Waals surface area contributed by atoms with Gasteiger partial charge in [0.1, 0.15) is 11.6 Å². The minimum atomic E-state index is -0.356. The molecule has 5 aromatic rings. The number of hydrazone groups is 1. The number of hydrogen-bond donors (Lipinski definition) is 1. The van der Waals surface area contributed by atoms with E-state index in [2.05, 4.69) is 15.5 Å². The summed E-state index contributed by atoms with van der Waals surface area (Å²) in [4.78, 5) is 27.8. The summed E-state index contributed by atoms with van der Waals surface area (Å²) in [6, 6.07) is 22.6. The van der Waals surface area contributed by atoms with Gasteiger partial charge in [-0.05, 0) is 78.4 Å². The Morgan fingerprint density at radius 2 is 1.85 bits per heavy atom. The van der Waals surface area contributed by atoms with Crippen LogP contribution in [0.4, 0.5) is 4.39 Å². The van der Waals surface area contributed by atoms with Crippen molar-refractivity contribution in [2.45, 2.75) is 38.0 Å². The standard InChI is InChI=1S/C34H31FN6O3S2/c1-21-7-4-10-28(22(21)2)40-31(19-36-33(43)24-8-5-9-26(17-24)44-3)37-38-34(40)46-20-32(42)41-29(23-12-14-25(35)15-13-23)18-27(39-41)30-11-6-16-45-30/h4-17,29H,18-20H2,1-3H3,(H,36,43)/t29-/m0/s1. The topological polar surface area (TPSA) is 102 Å². The van der Waals surface area contributed by atoms with Crippen molar-refractivity contribution in [1.82, 2.24) is 25.1 Å². The molecule has 9 nitrogen and oxygen atoms in total. The van der Waals surface area contributed by atoms with Gasteiger partial charge >= 0.3 is 0 Å². The van der Waals surface area contributed by atoms with Crippen LogP contribution in [0.2, 0.25) is 0 Å². The van der Waals surface area contributed by atoms with E-state index in [1.807, 2.05) is 54.1 Å². The number of benzene rings is 3. The first-order chi connectivity index (χ1) is 22.3. The molecule has 12 heteroatoms. The number of carbonyl (C=O) groups excluding carboxylic acids is 2. The summed E-state index contributed by atoms with van der Waals surface area (Å²) < 4.78 is 20.9. The minimum absolute atomic E-state index is 0.0398. The first-order valence-electron chi connectivity index (χ1n) is 14.6. The van der Waals surface area contributed by atoms with E-state index in [1.165, 1.54) is 28.9 Å². The number of thioether (sulfide) groups is 1. The Kier molecular flexibility index (Phi) is 9.27. The van der Waals surface area contributed by atoms with Crippen molar-refractivity contribution in [2.75, 3.05) is 12.9 Å². The highest BCUT2D eigenvalue weighted by atomic mass is 32.2. The zero-order valence-corrected chi connectivity index (χ0v) is 27.1. The van der Waals surface area contributed by atoms with E-state index in [0.29, 0.717) is 28.7 Å². The molecule has 0 aliphatic carbocycles. The van der Waals surface area contributed by atoms with Gasteiger partial charge in [-0.2, -0.15) is 5.10 Å². The summed E-state index contributed by atoms with van der Waals surface area (Å²) in [6.45, 7) is 4.15. The molecular weight excluding hydrogens is 624 g/mol. The number of hydrogen-bond acceptors (Lipinski definition) is 8. The second-order valence-electron chi connectivity index (χ2n) is 10.7. The van der Waals surface area contributed by atoms with Gasteiger partial charge in [0, 0.05) is 12.0 Å². The highest BCUT2D eigenvalue weighted by molar-refractivity contribution is 7.99. The normalized spacial score (nSPS) is 14.3. The van der Waals surface area contributed by atoms with Crippen LogP contribution in [0, 0.1) is 19.7 Å². The molecule has 1 aliphatic rings. The summed E-state index contributed by atoms with van der Waals surface area (Å²) >= 11 is 2.81. The summed E-state index contributed by atoms with van der Waals surface area (Å²) in [5.41, 5.74) is 5.05. The van der Waals surface area contributed by atoms with Crippen molar-refractivity contribution in [1.29, 1.82) is 0 Å². The van der Waals surface area contributed by atoms with Gasteiger partial charge in [-0.25, -0.2) is 9.40 Å². The fourth-order valence-electron chi connectivity index (χ4n) is 5.22. The van der Waals surface area contributed by atoms with Crippen molar-refractivity contribution in [2.24, 2.45) is 5.10 Å². The smallest absolute Gasteiger partial charge is 0.253 e. The number of nitrogens with one attached hydrogen (secondary N) is 1. The van der Waals surface area contributed by atoms with Crippen LogP contribution in [-0.4, -0.2) is 50.2 Å². The number of ether oxygens (including phenoxy) is 1. The number of halogens is 1. The number of aromatic nitrogens is 3. The second-order valence-corrected chi connectivity index (χ2v) is 12.6. The molecule has 46 heavy (non-hydrogen) atoms. The van der Waals surface area contributed by atoms with Crippen molar-refractivity contribution >= 4 is 40.6 Å². The summed E-state index contributed by atoms with van der Waals surface area (Å²) in [5.74, 6) is 0.312. The number of methoxy groups -OCH3 is 1. The van der Waals surface area contributed by atoms with Gasteiger partial charge in [0.25, 0.3) is 11.8 Å². The molecule has 3 heterocycles. The Labute approximate surface area is 274 Å². The first kappa shape index (κ1) is 31.2. The number of thiophene rings is 1. The van der Waals surface area contributed by atoms with E-state index < -0.39 is 0 Å². The minimum Gasteiger partial charge on any atom is -0.497 e. The Bertz CT molecular complexity index is 1910. The van der Waals surface area contributed by atoms with Crippen molar-refractivity contribution in [3.63, 3.8) is 0 Å². The molecule has 0 radical (unpaired) electrons. The Hall–Kier alpha value is -4.81. The molecule has 1 N–H and O–H groups in total. The molecule has 2 aromatic heterocycles. The van der Waals surface area contributed by atoms with Gasteiger partial charge in [-0.3, -0.25) is 14.2 Å². The fourth-order valence-corrected chi connectivity index (χ4v) is 6.76. The average molecular weight is 655 g/mol. The van der Waals surface area contributed by atoms with Crippen molar-refractivity contribution in [3.05, 3.63) is 123 Å². The zero-order chi connectivity index (χ0) is 32.2.